The van der Waals surface area contributed by atoms with Gasteiger partial charge in [-0.05, 0) is 0 Å². The standard InChI is InChI=1S/5C4H9NO.Fe.6Mo.H2O4S.10H2O.18O/c5*1-3-6-4-2-5-1;;;;;;;;1-5(2,3)4;;;;;;;;;;;;;;;;;;;;;;;;;;;;/h5*5H,1-4H2;;;;;;;;(H2,1,2,3,4);10*1H2;;;;;;;;;;;;;;;;;;/q;;;;;+3;;;;;;;;;;;;;;;;;;18*-2/p-3. The molecule has 0 bridgehead atoms. The van der Waals surface area contributed by atoms with Crippen molar-refractivity contribution in [3.63, 3.8) is 0 Å². The minimum absolute atomic E-state index is 0. The van der Waals surface area contributed by atoms with Crippen LogP contribution in [0.15, 0.2) is 0 Å². The fourth-order valence-corrected chi connectivity index (χ4v) is 2.90. The van der Waals surface area contributed by atoms with E-state index in [-0.39, 0.29) is 297 Å². The van der Waals surface area contributed by atoms with Gasteiger partial charge in [0.2, 0.25) is 0 Å². The number of hydrogen-bond acceptors (Lipinski definition) is 15. The SMILES string of the molecule is C1COCC[NH2+]1.C1COCC[NH2+]1.C1COCC[NH2+]1.C1COCC[NH2+]1.C1COCC[NH2+]1.O.O.O.O.O=S(=O)([O-])[O-].[Fe+3].[Mo].[Mo].[Mo].[Mo].[Mo].[Mo].[O-2].[O-2].[O-2].[O-2].[O-2].[O-2].[O-2].[O-2].[O-2].[O-2].[O-2].[O-2].[O-2].[O-2].[O-2].[O-2].[O-2].[O-2].[OH-].[OH-].[OH-].[OH-].[OH-].[OH-]. The average molecular weight is 1630 g/mol. The van der Waals surface area contributed by atoms with Crippen molar-refractivity contribution < 1.29 is 365 Å². The molecule has 0 spiro atoms. The van der Waals surface area contributed by atoms with E-state index in [4.69, 9.17) is 41.2 Å². The van der Waals surface area contributed by atoms with E-state index in [0.29, 0.717) is 0 Å². The molecule has 0 unspecified atom stereocenters. The smallest absolute Gasteiger partial charge is 2.00 e. The van der Waals surface area contributed by atoms with Crippen LogP contribution in [-0.2, 0) is 276 Å². The van der Waals surface area contributed by atoms with Crippen molar-refractivity contribution >= 4 is 10.4 Å². The molecule has 0 amide bonds. The molecule has 0 atom stereocenters. The van der Waals surface area contributed by atoms with E-state index < -0.39 is 10.4 Å². The fraction of sp³-hybridized carbons (Fsp3) is 1.00. The van der Waals surface area contributed by atoms with E-state index in [1.54, 1.807) is 0 Å². The molecule has 5 saturated heterocycles. The number of ether oxygens (including phenoxy) is 5. The molecule has 5 heterocycles. The second kappa shape index (κ2) is 239. The van der Waals surface area contributed by atoms with Gasteiger partial charge in [0.25, 0.3) is 0 Å². The van der Waals surface area contributed by atoms with Gasteiger partial charge in [-0.2, -0.15) is 0 Å². The third-order valence-electron chi connectivity index (χ3n) is 4.66. The topological polar surface area (TPSA) is 1030 Å². The Bertz CT molecular complexity index is 436. The molecule has 0 aromatic heterocycles. The Labute approximate surface area is 502 Å². The van der Waals surface area contributed by atoms with Crippen LogP contribution in [0.3, 0.4) is 0 Å². The van der Waals surface area contributed by atoms with Crippen molar-refractivity contribution in [2.24, 2.45) is 0 Å². The zero-order chi connectivity index (χ0) is 25.7. The van der Waals surface area contributed by atoms with E-state index in [9.17, 15) is 0 Å². The number of nitrogens with two attached hydrogens (primary N) is 5. The summed E-state index contributed by atoms with van der Waals surface area (Å²) in [7, 11) is -5.17. The molecule has 477 valence electrons. The van der Waals surface area contributed by atoms with E-state index in [1.807, 2.05) is 0 Å². The molecule has 5 aliphatic heterocycles. The maximum atomic E-state index is 8.52. The van der Waals surface area contributed by atoms with Gasteiger partial charge in [0, 0.05) is 137 Å². The molecular formula is C20H64FeMo6N5O37S-36. The van der Waals surface area contributed by atoms with Gasteiger partial charge in [-0.15, -0.1) is 0 Å². The van der Waals surface area contributed by atoms with Gasteiger partial charge in [0.15, 0.2) is 0 Å². The van der Waals surface area contributed by atoms with Crippen LogP contribution in [0.5, 0.6) is 0 Å². The van der Waals surface area contributed by atoms with Gasteiger partial charge in [-0.3, -0.25) is 8.42 Å². The van der Waals surface area contributed by atoms with Gasteiger partial charge in [-0.25, -0.2) is 0 Å². The molecule has 70 heavy (non-hydrogen) atoms. The molecule has 5 fully saturated rings. The second-order valence-electron chi connectivity index (χ2n) is 7.80. The third kappa shape index (κ3) is 319. The normalized spacial score (nSPS) is 11.1. The molecule has 1 radical (unpaired) electrons. The van der Waals surface area contributed by atoms with Crippen LogP contribution >= 0.6 is 0 Å². The minimum Gasteiger partial charge on any atom is -2.00 e. The summed E-state index contributed by atoms with van der Waals surface area (Å²) in [6.07, 6.45) is 0. The van der Waals surface area contributed by atoms with E-state index in [1.165, 1.54) is 0 Å². The monoisotopic (exact) mass is 1640 g/mol. The van der Waals surface area contributed by atoms with Crippen LogP contribution in [0.4, 0.5) is 0 Å². The summed E-state index contributed by atoms with van der Waals surface area (Å²) in [5.41, 5.74) is 0. The summed E-state index contributed by atoms with van der Waals surface area (Å²) in [4.78, 5) is 0. The average Bonchev–Trinajstić information content (AvgIpc) is 2.94. The molecule has 42 nitrogen and oxygen atoms in total. The first-order valence-electron chi connectivity index (χ1n) is 12.6. The van der Waals surface area contributed by atoms with Crippen LogP contribution in [0, 0.1) is 0 Å². The van der Waals surface area contributed by atoms with Gasteiger partial charge < -0.3 is 213 Å². The van der Waals surface area contributed by atoms with Gasteiger partial charge in [-0.1, -0.05) is 0 Å². The summed E-state index contributed by atoms with van der Waals surface area (Å²) < 4.78 is 59.3. The van der Waals surface area contributed by atoms with Gasteiger partial charge in [0.05, 0.1) is 132 Å². The zero-order valence-electron chi connectivity index (χ0n) is 35.9. The molecule has 0 aromatic carbocycles. The largest absolute Gasteiger partial charge is 3.00 e. The summed E-state index contributed by atoms with van der Waals surface area (Å²) in [6.45, 7) is 21.0. The van der Waals surface area contributed by atoms with Crippen molar-refractivity contribution in [3.8, 4) is 0 Å². The quantitative estimate of drug-likeness (QED) is 0.0854. The number of hydrogen-bond donors (Lipinski definition) is 5. The van der Waals surface area contributed by atoms with Crippen molar-refractivity contribution in [2.75, 3.05) is 132 Å². The van der Waals surface area contributed by atoms with Crippen LogP contribution in [0.25, 0.3) is 0 Å². The first kappa shape index (κ1) is 276. The number of morpholine rings is 5. The third-order valence-corrected chi connectivity index (χ3v) is 4.66. The van der Waals surface area contributed by atoms with E-state index in [2.05, 4.69) is 26.6 Å². The Morgan fingerprint density at radius 3 is 0.329 bits per heavy atom. The number of quaternary nitrogens is 5. The van der Waals surface area contributed by atoms with Gasteiger partial charge >= 0.3 is 17.1 Å². The summed E-state index contributed by atoms with van der Waals surface area (Å²) in [6, 6.07) is 0. The predicted molar refractivity (Wildman–Crippen MR) is 161 cm³/mol. The Balaban J connectivity index is -0.00000000530. The fourth-order valence-electron chi connectivity index (χ4n) is 2.90. The van der Waals surface area contributed by atoms with Crippen LogP contribution in [-0.4, -0.2) is 204 Å². The number of rotatable bonds is 0. The van der Waals surface area contributed by atoms with Crippen molar-refractivity contribution in [1.82, 2.24) is 0 Å². The molecular weight excluding hydrogens is 1570 g/mol. The summed E-state index contributed by atoms with van der Waals surface area (Å²) >= 11 is 0. The molecule has 24 N–H and O–H groups in total. The van der Waals surface area contributed by atoms with Crippen LogP contribution < -0.4 is 26.6 Å². The van der Waals surface area contributed by atoms with Crippen LogP contribution in [0.1, 0.15) is 0 Å². The zero-order valence-corrected chi connectivity index (χ0v) is 49.9. The Hall–Kier alpha value is 3.00. The molecule has 5 aliphatic rings. The predicted octanol–water partition coefficient (Wildman–Crippen LogP) is -15.0. The van der Waals surface area contributed by atoms with E-state index in [0.717, 1.165) is 132 Å². The summed E-state index contributed by atoms with van der Waals surface area (Å²) in [5.74, 6) is 0. The summed E-state index contributed by atoms with van der Waals surface area (Å²) in [5, 5.41) is 11.3. The Morgan fingerprint density at radius 1 is 0.257 bits per heavy atom. The first-order valence-corrected chi connectivity index (χ1v) is 14.0. The molecule has 0 aromatic rings. The van der Waals surface area contributed by atoms with Crippen molar-refractivity contribution in [1.29, 1.82) is 0 Å². The molecule has 50 heteroatoms. The Morgan fingerprint density at radius 2 is 0.314 bits per heavy atom. The molecule has 5 rings (SSSR count). The van der Waals surface area contributed by atoms with Gasteiger partial charge in [0.1, 0.15) is 0 Å². The van der Waals surface area contributed by atoms with Crippen molar-refractivity contribution in [2.45, 2.75) is 0 Å². The molecule has 0 aliphatic carbocycles. The minimum atomic E-state index is -5.17. The first-order chi connectivity index (χ1) is 17.0. The maximum absolute atomic E-state index is 8.52. The van der Waals surface area contributed by atoms with Crippen LogP contribution in [0.2, 0.25) is 0 Å². The Kier molecular flexibility index (Phi) is 942. The van der Waals surface area contributed by atoms with Crippen molar-refractivity contribution in [3.05, 3.63) is 0 Å². The second-order valence-corrected chi connectivity index (χ2v) is 8.62. The maximum Gasteiger partial charge on any atom is 3.00 e. The van der Waals surface area contributed by atoms with E-state index >= 15 is 0 Å². The molecule has 0 saturated carbocycles.